The highest BCUT2D eigenvalue weighted by Gasteiger charge is 2.35. The second-order valence-corrected chi connectivity index (χ2v) is 6.83. The van der Waals surface area contributed by atoms with Crippen LogP contribution in [-0.2, 0) is 14.3 Å². The maximum absolute atomic E-state index is 12.6. The minimum Gasteiger partial charge on any atom is -0.368 e. The molecule has 25 heavy (non-hydrogen) atoms. The summed E-state index contributed by atoms with van der Waals surface area (Å²) in [6, 6.07) is 7.43. The van der Waals surface area contributed by atoms with Gasteiger partial charge >= 0.3 is 0 Å². The minimum atomic E-state index is -0.685. The lowest BCUT2D eigenvalue weighted by Gasteiger charge is -2.22. The number of carbonyl (C=O) groups excluding carboxylic acids is 3. The van der Waals surface area contributed by atoms with E-state index in [1.165, 1.54) is 0 Å². The molecule has 136 valence electrons. The fourth-order valence-electron chi connectivity index (χ4n) is 2.71. The van der Waals surface area contributed by atoms with Crippen molar-refractivity contribution in [3.05, 3.63) is 35.9 Å². The van der Waals surface area contributed by atoms with Gasteiger partial charge in [0.15, 0.2) is 5.78 Å². The number of Topliss-reactive ketones (excluding diaryl/α,β-unsaturated/α-hetero) is 1. The maximum Gasteiger partial charge on any atom is 0.251 e. The van der Waals surface area contributed by atoms with E-state index in [2.05, 4.69) is 24.5 Å². The molecule has 1 saturated heterocycles. The van der Waals surface area contributed by atoms with Crippen LogP contribution in [0.1, 0.15) is 44.0 Å². The Morgan fingerprint density at radius 2 is 1.88 bits per heavy atom. The number of carbonyl (C=O) groups is 3. The van der Waals surface area contributed by atoms with Crippen LogP contribution in [0.15, 0.2) is 30.3 Å². The van der Waals surface area contributed by atoms with Gasteiger partial charge in [-0.2, -0.15) is 0 Å². The molecular weight excluding hydrogens is 320 g/mol. The predicted octanol–water partition coefficient (Wildman–Crippen LogP) is 1.69. The second-order valence-electron chi connectivity index (χ2n) is 6.83. The number of rotatable bonds is 7. The second kappa shape index (κ2) is 8.76. The van der Waals surface area contributed by atoms with E-state index in [1.54, 1.807) is 31.2 Å². The average Bonchev–Trinajstić information content (AvgIpc) is 2.90. The lowest BCUT2D eigenvalue weighted by Crippen LogP contribution is -2.53. The summed E-state index contributed by atoms with van der Waals surface area (Å²) < 4.78 is 5.26. The highest BCUT2D eigenvalue weighted by atomic mass is 16.5. The molecule has 2 N–H and O–H groups in total. The molecule has 2 amide bonds. The van der Waals surface area contributed by atoms with Crippen molar-refractivity contribution in [1.29, 1.82) is 0 Å². The minimum absolute atomic E-state index is 0.0130. The van der Waals surface area contributed by atoms with Gasteiger partial charge in [-0.05, 0) is 37.8 Å². The van der Waals surface area contributed by atoms with Crippen molar-refractivity contribution in [3.8, 4) is 0 Å². The molecule has 1 aliphatic heterocycles. The first kappa shape index (κ1) is 19.1. The Kier molecular flexibility index (Phi) is 6.70. The van der Waals surface area contributed by atoms with Crippen LogP contribution in [0.5, 0.6) is 0 Å². The Morgan fingerprint density at radius 3 is 2.44 bits per heavy atom. The van der Waals surface area contributed by atoms with E-state index in [0.717, 1.165) is 6.42 Å². The number of ether oxygens (including phenoxy) is 1. The third-order valence-corrected chi connectivity index (χ3v) is 4.29. The Morgan fingerprint density at radius 1 is 1.20 bits per heavy atom. The fourth-order valence-corrected chi connectivity index (χ4v) is 2.71. The van der Waals surface area contributed by atoms with Crippen LogP contribution >= 0.6 is 0 Å². The van der Waals surface area contributed by atoms with Gasteiger partial charge in [0.2, 0.25) is 5.91 Å². The Labute approximate surface area is 148 Å². The number of amides is 2. The lowest BCUT2D eigenvalue weighted by atomic mass is 10.0. The summed E-state index contributed by atoms with van der Waals surface area (Å²) in [5.41, 5.74) is 0.499. The molecule has 1 unspecified atom stereocenters. The molecule has 2 rings (SSSR count). The van der Waals surface area contributed by atoms with Crippen molar-refractivity contribution in [3.63, 3.8) is 0 Å². The molecule has 0 aliphatic carbocycles. The van der Waals surface area contributed by atoms with Gasteiger partial charge < -0.3 is 15.4 Å². The van der Waals surface area contributed by atoms with Crippen LogP contribution in [-0.4, -0.2) is 42.4 Å². The van der Waals surface area contributed by atoms with Crippen LogP contribution < -0.4 is 10.6 Å². The Bertz CT molecular complexity index is 615. The average molecular weight is 346 g/mol. The maximum atomic E-state index is 12.6. The normalized spacial score (nSPS) is 21.2. The Balaban J connectivity index is 2.05. The van der Waals surface area contributed by atoms with E-state index < -0.39 is 12.1 Å². The fraction of sp³-hybridized carbons (Fsp3) is 0.526. The third-order valence-electron chi connectivity index (χ3n) is 4.29. The van der Waals surface area contributed by atoms with Gasteiger partial charge in [0, 0.05) is 5.56 Å². The molecule has 0 aromatic heterocycles. The zero-order valence-corrected chi connectivity index (χ0v) is 15.0. The SMILES string of the molecule is CC(C)CCC(NC(=O)c1ccccc1)C(=O)N[C@@H]1C(=O)CO[C@H]1C. The molecule has 1 aromatic rings. The third kappa shape index (κ3) is 5.39. The molecule has 0 saturated carbocycles. The van der Waals surface area contributed by atoms with Crippen molar-refractivity contribution in [2.24, 2.45) is 5.92 Å². The van der Waals surface area contributed by atoms with Crippen molar-refractivity contribution in [2.45, 2.75) is 51.8 Å². The summed E-state index contributed by atoms with van der Waals surface area (Å²) in [5.74, 6) is -0.385. The first-order valence-corrected chi connectivity index (χ1v) is 8.69. The molecule has 0 spiro atoms. The van der Waals surface area contributed by atoms with Crippen LogP contribution in [0, 0.1) is 5.92 Å². The summed E-state index contributed by atoms with van der Waals surface area (Å²) in [6.45, 7) is 5.88. The number of nitrogens with one attached hydrogen (secondary N) is 2. The predicted molar refractivity (Wildman–Crippen MR) is 94.1 cm³/mol. The summed E-state index contributed by atoms with van der Waals surface area (Å²) >= 11 is 0. The van der Waals surface area contributed by atoms with Gasteiger partial charge in [-0.15, -0.1) is 0 Å². The van der Waals surface area contributed by atoms with Gasteiger partial charge in [0.05, 0.1) is 6.10 Å². The summed E-state index contributed by atoms with van der Waals surface area (Å²) in [5, 5.41) is 5.52. The summed E-state index contributed by atoms with van der Waals surface area (Å²) in [7, 11) is 0. The van der Waals surface area contributed by atoms with Crippen LogP contribution in [0.25, 0.3) is 0 Å². The first-order valence-electron chi connectivity index (χ1n) is 8.69. The van der Waals surface area contributed by atoms with E-state index in [-0.39, 0.29) is 30.3 Å². The van der Waals surface area contributed by atoms with E-state index in [4.69, 9.17) is 4.74 Å². The van der Waals surface area contributed by atoms with E-state index >= 15 is 0 Å². The standard InChI is InChI=1S/C19H26N2O4/c1-12(2)9-10-15(20-18(23)14-7-5-4-6-8-14)19(24)21-17-13(3)25-11-16(17)22/h4-8,12-13,15,17H,9-11H2,1-3H3,(H,20,23)(H,21,24)/t13-,15?,17-/m0/s1. The van der Waals surface area contributed by atoms with Crippen molar-refractivity contribution < 1.29 is 19.1 Å². The topological polar surface area (TPSA) is 84.5 Å². The number of hydrogen-bond donors (Lipinski definition) is 2. The molecule has 1 aromatic carbocycles. The van der Waals surface area contributed by atoms with E-state index in [0.29, 0.717) is 17.9 Å². The molecule has 1 aliphatic rings. The highest BCUT2D eigenvalue weighted by molar-refractivity contribution is 5.98. The zero-order valence-electron chi connectivity index (χ0n) is 15.0. The van der Waals surface area contributed by atoms with E-state index in [1.807, 2.05) is 6.07 Å². The van der Waals surface area contributed by atoms with Crippen molar-refractivity contribution >= 4 is 17.6 Å². The smallest absolute Gasteiger partial charge is 0.251 e. The molecule has 3 atom stereocenters. The number of hydrogen-bond acceptors (Lipinski definition) is 4. The molecule has 1 fully saturated rings. The molecule has 1 heterocycles. The summed E-state index contributed by atoms with van der Waals surface area (Å²) in [4.78, 5) is 36.8. The van der Waals surface area contributed by atoms with Gasteiger partial charge in [0.25, 0.3) is 5.91 Å². The van der Waals surface area contributed by atoms with E-state index in [9.17, 15) is 14.4 Å². The molecule has 6 nitrogen and oxygen atoms in total. The van der Waals surface area contributed by atoms with Crippen LogP contribution in [0.2, 0.25) is 0 Å². The zero-order chi connectivity index (χ0) is 18.4. The van der Waals surface area contributed by atoms with Crippen LogP contribution in [0.3, 0.4) is 0 Å². The summed E-state index contributed by atoms with van der Waals surface area (Å²) in [6.07, 6.45) is 0.947. The monoisotopic (exact) mass is 346 g/mol. The number of benzene rings is 1. The largest absolute Gasteiger partial charge is 0.368 e. The highest BCUT2D eigenvalue weighted by Crippen LogP contribution is 2.12. The quantitative estimate of drug-likeness (QED) is 0.787. The van der Waals surface area contributed by atoms with Gasteiger partial charge in [0.1, 0.15) is 18.7 Å². The lowest BCUT2D eigenvalue weighted by molar-refractivity contribution is -0.127. The molecule has 0 radical (unpaired) electrons. The number of ketones is 1. The first-order chi connectivity index (χ1) is 11.9. The van der Waals surface area contributed by atoms with Gasteiger partial charge in [-0.3, -0.25) is 14.4 Å². The van der Waals surface area contributed by atoms with Crippen LogP contribution in [0.4, 0.5) is 0 Å². The van der Waals surface area contributed by atoms with Crippen molar-refractivity contribution in [2.75, 3.05) is 6.61 Å². The van der Waals surface area contributed by atoms with Gasteiger partial charge in [-0.25, -0.2) is 0 Å². The molecular formula is C19H26N2O4. The van der Waals surface area contributed by atoms with Crippen molar-refractivity contribution in [1.82, 2.24) is 10.6 Å². The van der Waals surface area contributed by atoms with Gasteiger partial charge in [-0.1, -0.05) is 32.0 Å². The molecule has 6 heteroatoms. The Hall–Kier alpha value is -2.21. The molecule has 0 bridgehead atoms.